The number of nitrogens with one attached hydrogen (secondary N) is 1. The van der Waals surface area contributed by atoms with E-state index in [0.29, 0.717) is 43.4 Å². The molecule has 4 rings (SSSR count). The molecule has 1 aromatic carbocycles. The molecule has 0 spiro atoms. The summed E-state index contributed by atoms with van der Waals surface area (Å²) in [6.07, 6.45) is 1.38. The number of carbonyl (C=O) groups excluding carboxylic acids is 1. The first-order valence-electron chi connectivity index (χ1n) is 11.1. The number of hydrogen-bond donors (Lipinski definition) is 1. The van der Waals surface area contributed by atoms with Crippen molar-refractivity contribution in [3.05, 3.63) is 52.9 Å². The van der Waals surface area contributed by atoms with Gasteiger partial charge in [-0.25, -0.2) is 8.42 Å². The molecule has 0 saturated carbocycles. The molecule has 2 aliphatic heterocycles. The van der Waals surface area contributed by atoms with Gasteiger partial charge in [-0.1, -0.05) is 35.9 Å². The van der Waals surface area contributed by atoms with Gasteiger partial charge in [0.1, 0.15) is 4.21 Å². The molecule has 1 aromatic heterocycles. The quantitative estimate of drug-likeness (QED) is 0.663. The first-order chi connectivity index (χ1) is 15.4. The van der Waals surface area contributed by atoms with Crippen LogP contribution in [0.3, 0.4) is 0 Å². The van der Waals surface area contributed by atoms with Crippen molar-refractivity contribution in [2.45, 2.75) is 30.0 Å². The highest BCUT2D eigenvalue weighted by Crippen LogP contribution is 2.27. The van der Waals surface area contributed by atoms with E-state index in [0.717, 1.165) is 18.7 Å². The molecule has 0 bridgehead atoms. The molecule has 3 heterocycles. The van der Waals surface area contributed by atoms with Crippen LogP contribution in [0.1, 0.15) is 30.0 Å². The summed E-state index contributed by atoms with van der Waals surface area (Å²) in [5.41, 5.74) is 2.24. The minimum Gasteiger partial charge on any atom is -0.379 e. The van der Waals surface area contributed by atoms with Gasteiger partial charge in [0.15, 0.2) is 0 Å². The fourth-order valence-corrected chi connectivity index (χ4v) is 6.95. The second-order valence-electron chi connectivity index (χ2n) is 8.52. The minimum absolute atomic E-state index is 0.0742. The molecule has 2 aliphatic rings. The Morgan fingerprint density at radius 1 is 1.19 bits per heavy atom. The lowest BCUT2D eigenvalue weighted by atomic mass is 9.97. The number of ether oxygens (including phenoxy) is 1. The van der Waals surface area contributed by atoms with E-state index >= 15 is 0 Å². The Kier molecular flexibility index (Phi) is 7.63. The van der Waals surface area contributed by atoms with E-state index in [1.54, 1.807) is 17.5 Å². The Balaban J connectivity index is 1.46. The van der Waals surface area contributed by atoms with E-state index in [9.17, 15) is 13.2 Å². The summed E-state index contributed by atoms with van der Waals surface area (Å²) in [5, 5.41) is 5.00. The van der Waals surface area contributed by atoms with Crippen LogP contribution in [0.5, 0.6) is 0 Å². The summed E-state index contributed by atoms with van der Waals surface area (Å²) in [6, 6.07) is 11.5. The summed E-state index contributed by atoms with van der Waals surface area (Å²) < 4.78 is 33.1. The molecule has 32 heavy (non-hydrogen) atoms. The smallest absolute Gasteiger partial charge is 0.252 e. The van der Waals surface area contributed by atoms with Crippen LogP contribution < -0.4 is 5.32 Å². The van der Waals surface area contributed by atoms with Gasteiger partial charge >= 0.3 is 0 Å². The molecule has 2 aromatic rings. The van der Waals surface area contributed by atoms with E-state index in [4.69, 9.17) is 4.74 Å². The molecule has 2 atom stereocenters. The standard InChI is InChI=1S/C23H31N3O4S2/c1-18-6-8-19(9-7-18)21(17-25-11-13-30-14-12-25)24-23(27)20-4-2-10-26(16-20)32(28,29)22-5-3-15-31-22/h3,5-9,15,20-21H,2,4,10-14,16-17H2,1H3,(H,24,27)/t20-,21+/m1/s1. The lowest BCUT2D eigenvalue weighted by molar-refractivity contribution is -0.127. The number of amides is 1. The normalized spacial score (nSPS) is 21.8. The molecule has 0 radical (unpaired) electrons. The second-order valence-corrected chi connectivity index (χ2v) is 11.6. The fraction of sp³-hybridized carbons (Fsp3) is 0.522. The summed E-state index contributed by atoms with van der Waals surface area (Å²) in [7, 11) is -3.54. The Morgan fingerprint density at radius 2 is 1.94 bits per heavy atom. The van der Waals surface area contributed by atoms with Crippen molar-refractivity contribution in [1.29, 1.82) is 0 Å². The molecule has 2 fully saturated rings. The molecule has 1 N–H and O–H groups in total. The molecule has 0 unspecified atom stereocenters. The molecular weight excluding hydrogens is 446 g/mol. The highest BCUT2D eigenvalue weighted by atomic mass is 32.2. The summed E-state index contributed by atoms with van der Waals surface area (Å²) in [6.45, 7) is 6.53. The van der Waals surface area contributed by atoms with Crippen molar-refractivity contribution in [1.82, 2.24) is 14.5 Å². The van der Waals surface area contributed by atoms with E-state index in [-0.39, 0.29) is 24.4 Å². The molecule has 174 valence electrons. The van der Waals surface area contributed by atoms with Crippen molar-refractivity contribution in [2.24, 2.45) is 5.92 Å². The van der Waals surface area contributed by atoms with Crippen LogP contribution in [0.15, 0.2) is 46.0 Å². The molecule has 7 nitrogen and oxygen atoms in total. The molecule has 1 amide bonds. The maximum atomic E-state index is 13.3. The van der Waals surface area contributed by atoms with Crippen molar-refractivity contribution in [2.75, 3.05) is 45.9 Å². The minimum atomic E-state index is -3.54. The van der Waals surface area contributed by atoms with Gasteiger partial charge in [-0.05, 0) is 36.8 Å². The predicted octanol–water partition coefficient (Wildman–Crippen LogP) is 2.65. The number of rotatable bonds is 7. The zero-order chi connectivity index (χ0) is 22.6. The van der Waals surface area contributed by atoms with E-state index in [1.807, 2.05) is 6.92 Å². The van der Waals surface area contributed by atoms with Crippen molar-refractivity contribution >= 4 is 27.3 Å². The first kappa shape index (κ1) is 23.4. The number of aryl methyl sites for hydroxylation is 1. The molecule has 0 aliphatic carbocycles. The van der Waals surface area contributed by atoms with Crippen LogP contribution in [-0.4, -0.2) is 69.5 Å². The SMILES string of the molecule is Cc1ccc([C@H](CN2CCOCC2)NC(=O)[C@@H]2CCCN(S(=O)(=O)c3cccs3)C2)cc1. The monoisotopic (exact) mass is 477 g/mol. The number of carbonyl (C=O) groups is 1. The number of nitrogens with zero attached hydrogens (tertiary/aromatic N) is 2. The third-order valence-electron chi connectivity index (χ3n) is 6.18. The van der Waals surface area contributed by atoms with Gasteiger partial charge < -0.3 is 10.1 Å². The van der Waals surface area contributed by atoms with Crippen LogP contribution >= 0.6 is 11.3 Å². The van der Waals surface area contributed by atoms with Gasteiger partial charge in [-0.2, -0.15) is 4.31 Å². The Hall–Kier alpha value is -1.78. The largest absolute Gasteiger partial charge is 0.379 e. The Bertz CT molecular complexity index is 987. The van der Waals surface area contributed by atoms with Gasteiger partial charge in [0.25, 0.3) is 10.0 Å². The number of benzene rings is 1. The van der Waals surface area contributed by atoms with Gasteiger partial charge in [0.2, 0.25) is 5.91 Å². The third-order valence-corrected chi connectivity index (χ3v) is 9.42. The zero-order valence-electron chi connectivity index (χ0n) is 18.4. The topological polar surface area (TPSA) is 79.0 Å². The first-order valence-corrected chi connectivity index (χ1v) is 13.5. The average Bonchev–Trinajstić information content (AvgIpc) is 3.36. The molecule has 9 heteroatoms. The summed E-state index contributed by atoms with van der Waals surface area (Å²) >= 11 is 1.22. The summed E-state index contributed by atoms with van der Waals surface area (Å²) in [5.74, 6) is -0.425. The number of thiophene rings is 1. The predicted molar refractivity (Wildman–Crippen MR) is 125 cm³/mol. The van der Waals surface area contributed by atoms with Gasteiger partial charge in [0, 0.05) is 32.7 Å². The zero-order valence-corrected chi connectivity index (χ0v) is 20.0. The van der Waals surface area contributed by atoms with Crippen molar-refractivity contribution in [3.8, 4) is 0 Å². The maximum absolute atomic E-state index is 13.3. The average molecular weight is 478 g/mol. The van der Waals surface area contributed by atoms with Crippen LogP contribution in [-0.2, 0) is 19.6 Å². The highest BCUT2D eigenvalue weighted by Gasteiger charge is 2.34. The van der Waals surface area contributed by atoms with Crippen LogP contribution in [0, 0.1) is 12.8 Å². The fourth-order valence-electron chi connectivity index (χ4n) is 4.28. The van der Waals surface area contributed by atoms with Crippen LogP contribution in [0.4, 0.5) is 0 Å². The van der Waals surface area contributed by atoms with Crippen LogP contribution in [0.25, 0.3) is 0 Å². The highest BCUT2D eigenvalue weighted by molar-refractivity contribution is 7.91. The third kappa shape index (κ3) is 5.58. The lowest BCUT2D eigenvalue weighted by Gasteiger charge is -2.34. The van der Waals surface area contributed by atoms with Gasteiger partial charge in [-0.15, -0.1) is 11.3 Å². The Morgan fingerprint density at radius 3 is 2.62 bits per heavy atom. The maximum Gasteiger partial charge on any atom is 0.252 e. The van der Waals surface area contributed by atoms with E-state index < -0.39 is 10.0 Å². The number of sulfonamides is 1. The van der Waals surface area contributed by atoms with Gasteiger partial charge in [-0.3, -0.25) is 9.69 Å². The van der Waals surface area contributed by atoms with E-state index in [2.05, 4.69) is 34.5 Å². The van der Waals surface area contributed by atoms with Crippen molar-refractivity contribution < 1.29 is 17.9 Å². The molecular formula is C23H31N3O4S2. The Labute approximate surface area is 194 Å². The molecule has 2 saturated heterocycles. The van der Waals surface area contributed by atoms with Crippen LogP contribution in [0.2, 0.25) is 0 Å². The second kappa shape index (κ2) is 10.4. The van der Waals surface area contributed by atoms with Crippen molar-refractivity contribution in [3.63, 3.8) is 0 Å². The number of morpholine rings is 1. The summed E-state index contributed by atoms with van der Waals surface area (Å²) in [4.78, 5) is 15.6. The number of hydrogen-bond acceptors (Lipinski definition) is 6. The lowest BCUT2D eigenvalue weighted by Crippen LogP contribution is -2.48. The van der Waals surface area contributed by atoms with Gasteiger partial charge in [0.05, 0.1) is 25.2 Å². The van der Waals surface area contributed by atoms with E-state index in [1.165, 1.54) is 21.2 Å². The number of piperidine rings is 1.